The molecule has 130 valence electrons. The zero-order valence-corrected chi connectivity index (χ0v) is 14.1. The van der Waals surface area contributed by atoms with Crippen LogP contribution in [-0.4, -0.2) is 46.9 Å². The van der Waals surface area contributed by atoms with Crippen LogP contribution in [0.15, 0.2) is 36.7 Å². The Morgan fingerprint density at radius 2 is 1.92 bits per heavy atom. The van der Waals surface area contributed by atoms with Crippen molar-refractivity contribution in [2.75, 3.05) is 25.5 Å². The number of hydrogen-bond donors (Lipinski definition) is 1. The minimum atomic E-state index is -0.410. The Labute approximate surface area is 146 Å². The average Bonchev–Trinajstić information content (AvgIpc) is 2.68. The van der Waals surface area contributed by atoms with Crippen molar-refractivity contribution < 1.29 is 14.3 Å². The third-order valence-electron chi connectivity index (χ3n) is 4.09. The van der Waals surface area contributed by atoms with Crippen LogP contribution in [0, 0.1) is 0 Å². The Morgan fingerprint density at radius 3 is 2.68 bits per heavy atom. The molecule has 1 saturated heterocycles. The minimum absolute atomic E-state index is 0.0755. The summed E-state index contributed by atoms with van der Waals surface area (Å²) in [7, 11) is 1.34. The monoisotopic (exact) mass is 340 g/mol. The summed E-state index contributed by atoms with van der Waals surface area (Å²) in [4.78, 5) is 34.2. The fourth-order valence-corrected chi connectivity index (χ4v) is 2.79. The van der Waals surface area contributed by atoms with Gasteiger partial charge in [0.25, 0.3) is 5.91 Å². The number of rotatable bonds is 4. The molecule has 3 rings (SSSR count). The summed E-state index contributed by atoms with van der Waals surface area (Å²) < 4.78 is 4.72. The molecule has 1 N–H and O–H groups in total. The van der Waals surface area contributed by atoms with Gasteiger partial charge >= 0.3 is 5.97 Å². The Bertz CT molecular complexity index is 772. The van der Waals surface area contributed by atoms with Crippen LogP contribution in [0.2, 0.25) is 0 Å². The van der Waals surface area contributed by atoms with E-state index in [2.05, 4.69) is 15.3 Å². The molecule has 25 heavy (non-hydrogen) atoms. The number of likely N-dealkylation sites (tertiary alicyclic amines) is 1. The molecule has 0 radical (unpaired) electrons. The Kier molecular flexibility index (Phi) is 5.23. The van der Waals surface area contributed by atoms with Crippen LogP contribution >= 0.6 is 0 Å². The lowest BCUT2D eigenvalue weighted by molar-refractivity contribution is 0.0600. The second-order valence-electron chi connectivity index (χ2n) is 5.84. The standard InChI is InChI=1S/C18H20N4O3/c1-25-18(24)13-6-5-7-14(10-13)21-16-11-15(19-12-20-16)17(23)22-8-3-2-4-9-22/h5-7,10-12H,2-4,8-9H2,1H3,(H,19,20,21). The van der Waals surface area contributed by atoms with E-state index in [0.29, 0.717) is 22.8 Å². The molecular formula is C18H20N4O3. The van der Waals surface area contributed by atoms with Gasteiger partial charge in [0.15, 0.2) is 0 Å². The van der Waals surface area contributed by atoms with E-state index >= 15 is 0 Å². The number of nitrogens with zero attached hydrogens (tertiary/aromatic N) is 3. The Balaban J connectivity index is 1.75. The number of esters is 1. The van der Waals surface area contributed by atoms with E-state index in [4.69, 9.17) is 4.74 Å². The number of methoxy groups -OCH3 is 1. The number of ether oxygens (including phenoxy) is 1. The molecule has 2 heterocycles. The summed E-state index contributed by atoms with van der Waals surface area (Å²) >= 11 is 0. The summed E-state index contributed by atoms with van der Waals surface area (Å²) in [6, 6.07) is 8.51. The maximum absolute atomic E-state index is 12.5. The molecule has 1 aromatic heterocycles. The van der Waals surface area contributed by atoms with Crippen LogP contribution in [0.25, 0.3) is 0 Å². The predicted molar refractivity (Wildman–Crippen MR) is 92.9 cm³/mol. The number of anilines is 2. The molecule has 7 nitrogen and oxygen atoms in total. The van der Waals surface area contributed by atoms with E-state index in [9.17, 15) is 9.59 Å². The first-order valence-corrected chi connectivity index (χ1v) is 8.24. The van der Waals surface area contributed by atoms with Crippen molar-refractivity contribution in [2.45, 2.75) is 19.3 Å². The minimum Gasteiger partial charge on any atom is -0.465 e. The fraction of sp³-hybridized carbons (Fsp3) is 0.333. The molecule has 1 aromatic carbocycles. The largest absolute Gasteiger partial charge is 0.465 e. The summed E-state index contributed by atoms with van der Waals surface area (Å²) in [5.41, 5.74) is 1.48. The number of hydrogen-bond acceptors (Lipinski definition) is 6. The number of carbonyl (C=O) groups is 2. The topological polar surface area (TPSA) is 84.4 Å². The summed E-state index contributed by atoms with van der Waals surface area (Å²) in [5.74, 6) is 0.0122. The van der Waals surface area contributed by atoms with Gasteiger partial charge in [-0.1, -0.05) is 6.07 Å². The van der Waals surface area contributed by atoms with Gasteiger partial charge < -0.3 is 15.0 Å². The second kappa shape index (κ2) is 7.74. The Morgan fingerprint density at radius 1 is 1.12 bits per heavy atom. The molecule has 0 bridgehead atoms. The maximum atomic E-state index is 12.5. The predicted octanol–water partition coefficient (Wildman–Crippen LogP) is 2.63. The van der Waals surface area contributed by atoms with E-state index in [1.807, 2.05) is 4.90 Å². The van der Waals surface area contributed by atoms with Gasteiger partial charge in [0.2, 0.25) is 0 Å². The molecule has 1 amide bonds. The van der Waals surface area contributed by atoms with Gasteiger partial charge in [-0.2, -0.15) is 0 Å². The second-order valence-corrected chi connectivity index (χ2v) is 5.84. The summed E-state index contributed by atoms with van der Waals surface area (Å²) in [5, 5.41) is 3.09. The van der Waals surface area contributed by atoms with Crippen LogP contribution in [-0.2, 0) is 4.74 Å². The molecule has 7 heteroatoms. The molecule has 0 saturated carbocycles. The van der Waals surface area contributed by atoms with Crippen molar-refractivity contribution in [2.24, 2.45) is 0 Å². The lowest BCUT2D eigenvalue weighted by Crippen LogP contribution is -2.36. The molecule has 0 unspecified atom stereocenters. The molecule has 0 spiro atoms. The van der Waals surface area contributed by atoms with Gasteiger partial charge in [0.05, 0.1) is 12.7 Å². The number of nitrogens with one attached hydrogen (secondary N) is 1. The smallest absolute Gasteiger partial charge is 0.337 e. The highest BCUT2D eigenvalue weighted by molar-refractivity contribution is 5.93. The van der Waals surface area contributed by atoms with Crippen molar-refractivity contribution in [1.82, 2.24) is 14.9 Å². The van der Waals surface area contributed by atoms with Gasteiger partial charge in [-0.15, -0.1) is 0 Å². The number of amides is 1. The number of carbonyl (C=O) groups excluding carboxylic acids is 2. The van der Waals surface area contributed by atoms with Gasteiger partial charge in [-0.05, 0) is 37.5 Å². The molecule has 1 aliphatic rings. The van der Waals surface area contributed by atoms with Crippen LogP contribution in [0.5, 0.6) is 0 Å². The average molecular weight is 340 g/mol. The normalized spacial score (nSPS) is 14.0. The lowest BCUT2D eigenvalue weighted by atomic mass is 10.1. The highest BCUT2D eigenvalue weighted by Crippen LogP contribution is 2.18. The lowest BCUT2D eigenvalue weighted by Gasteiger charge is -2.26. The molecule has 0 atom stereocenters. The quantitative estimate of drug-likeness (QED) is 0.861. The van der Waals surface area contributed by atoms with Gasteiger partial charge in [-0.3, -0.25) is 4.79 Å². The fourth-order valence-electron chi connectivity index (χ4n) is 2.79. The van der Waals surface area contributed by atoms with Crippen LogP contribution in [0.1, 0.15) is 40.1 Å². The van der Waals surface area contributed by atoms with E-state index < -0.39 is 5.97 Å². The van der Waals surface area contributed by atoms with E-state index in [-0.39, 0.29) is 5.91 Å². The molecule has 0 aliphatic carbocycles. The highest BCUT2D eigenvalue weighted by Gasteiger charge is 2.19. The third kappa shape index (κ3) is 4.12. The molecule has 1 aliphatic heterocycles. The number of piperidine rings is 1. The zero-order valence-electron chi connectivity index (χ0n) is 14.1. The van der Waals surface area contributed by atoms with E-state index in [1.165, 1.54) is 13.4 Å². The number of aromatic nitrogens is 2. The van der Waals surface area contributed by atoms with Gasteiger partial charge in [-0.25, -0.2) is 14.8 Å². The molecule has 1 fully saturated rings. The molecule has 2 aromatic rings. The first-order chi connectivity index (χ1) is 12.2. The van der Waals surface area contributed by atoms with E-state index in [1.54, 1.807) is 30.3 Å². The summed E-state index contributed by atoms with van der Waals surface area (Å²) in [6.07, 6.45) is 4.59. The third-order valence-corrected chi connectivity index (χ3v) is 4.09. The zero-order chi connectivity index (χ0) is 17.6. The molecular weight excluding hydrogens is 320 g/mol. The van der Waals surface area contributed by atoms with Crippen molar-refractivity contribution in [1.29, 1.82) is 0 Å². The maximum Gasteiger partial charge on any atom is 0.337 e. The Hall–Kier alpha value is -2.96. The van der Waals surface area contributed by atoms with Crippen molar-refractivity contribution >= 4 is 23.4 Å². The van der Waals surface area contributed by atoms with Crippen molar-refractivity contribution in [3.63, 3.8) is 0 Å². The van der Waals surface area contributed by atoms with Crippen molar-refractivity contribution in [3.05, 3.63) is 47.9 Å². The van der Waals surface area contributed by atoms with Crippen molar-refractivity contribution in [3.8, 4) is 0 Å². The van der Waals surface area contributed by atoms with Crippen LogP contribution in [0.3, 0.4) is 0 Å². The van der Waals surface area contributed by atoms with Crippen LogP contribution in [0.4, 0.5) is 11.5 Å². The summed E-state index contributed by atoms with van der Waals surface area (Å²) in [6.45, 7) is 1.54. The number of benzene rings is 1. The SMILES string of the molecule is COC(=O)c1cccc(Nc2cc(C(=O)N3CCCCC3)ncn2)c1. The van der Waals surface area contributed by atoms with E-state index in [0.717, 1.165) is 32.4 Å². The van der Waals surface area contributed by atoms with Gasteiger partial charge in [0.1, 0.15) is 17.8 Å². The van der Waals surface area contributed by atoms with Crippen LogP contribution < -0.4 is 5.32 Å². The first-order valence-electron chi connectivity index (χ1n) is 8.24. The van der Waals surface area contributed by atoms with Gasteiger partial charge in [0, 0.05) is 24.8 Å². The first kappa shape index (κ1) is 16.9. The highest BCUT2D eigenvalue weighted by atomic mass is 16.5.